The topological polar surface area (TPSA) is 105 Å². The van der Waals surface area contributed by atoms with Crippen LogP contribution in [0.15, 0.2) is 34.6 Å². The lowest BCUT2D eigenvalue weighted by Gasteiger charge is -2.44. The molecule has 2 aliphatic heterocycles. The Hall–Kier alpha value is -3.82. The number of H-pyrrole nitrogens is 1. The van der Waals surface area contributed by atoms with E-state index in [0.717, 1.165) is 24.4 Å². The van der Waals surface area contributed by atoms with Gasteiger partial charge in [-0.15, -0.1) is 11.3 Å². The van der Waals surface area contributed by atoms with E-state index in [2.05, 4.69) is 25.1 Å². The fourth-order valence-electron chi connectivity index (χ4n) is 5.44. The number of hydrogen-bond donors (Lipinski definition) is 2. The van der Waals surface area contributed by atoms with Gasteiger partial charge in [0.15, 0.2) is 0 Å². The maximum atomic E-state index is 15.8. The molecule has 236 valence electrons. The second-order valence-electron chi connectivity index (χ2n) is 11.3. The van der Waals surface area contributed by atoms with Gasteiger partial charge in [-0.2, -0.15) is 13.2 Å². The number of carbonyl (C=O) groups is 2. The second kappa shape index (κ2) is 12.3. The Kier molecular flexibility index (Phi) is 8.82. The maximum Gasteiger partial charge on any atom is 0.417 e. The lowest BCUT2D eigenvalue weighted by Crippen LogP contribution is -2.55. The minimum atomic E-state index is -4.96. The average Bonchev–Trinajstić information content (AvgIpc) is 3.46. The number of nitrogens with one attached hydrogen (secondary N) is 2. The number of likely N-dealkylation sites (N-methyl/N-ethyl adjacent to an activating group) is 2. The summed E-state index contributed by atoms with van der Waals surface area (Å²) >= 11 is 1.05. The van der Waals surface area contributed by atoms with Crippen LogP contribution in [-0.2, 0) is 6.18 Å². The summed E-state index contributed by atoms with van der Waals surface area (Å²) < 4.78 is 57.0. The van der Waals surface area contributed by atoms with Crippen molar-refractivity contribution in [3.05, 3.63) is 62.8 Å². The maximum absolute atomic E-state index is 15.8. The number of amides is 2. The molecule has 0 aliphatic carbocycles. The van der Waals surface area contributed by atoms with Crippen LogP contribution in [0.2, 0.25) is 0 Å². The molecule has 2 saturated heterocycles. The van der Waals surface area contributed by atoms with E-state index in [9.17, 15) is 27.6 Å². The van der Waals surface area contributed by atoms with E-state index in [1.54, 1.807) is 10.3 Å². The highest BCUT2D eigenvalue weighted by Crippen LogP contribution is 2.38. The third-order valence-electron chi connectivity index (χ3n) is 8.25. The van der Waals surface area contributed by atoms with Crippen LogP contribution in [0.4, 0.5) is 28.9 Å². The van der Waals surface area contributed by atoms with Gasteiger partial charge in [-0.05, 0) is 34.0 Å². The largest absolute Gasteiger partial charge is 0.417 e. The quantitative estimate of drug-likeness (QED) is 0.411. The number of benzene rings is 1. The monoisotopic (exact) mass is 635 g/mol. The van der Waals surface area contributed by atoms with Gasteiger partial charge in [-0.1, -0.05) is 0 Å². The van der Waals surface area contributed by atoms with Gasteiger partial charge in [-0.3, -0.25) is 19.3 Å². The van der Waals surface area contributed by atoms with Gasteiger partial charge in [0.25, 0.3) is 11.8 Å². The first kappa shape index (κ1) is 31.6. The summed E-state index contributed by atoms with van der Waals surface area (Å²) in [4.78, 5) is 52.4. The molecule has 5 rings (SSSR count). The summed E-state index contributed by atoms with van der Waals surface area (Å²) in [7, 11) is 3.94. The first-order chi connectivity index (χ1) is 20.7. The molecule has 10 nitrogen and oxygen atoms in total. The van der Waals surface area contributed by atoms with E-state index in [1.165, 1.54) is 12.1 Å². The van der Waals surface area contributed by atoms with Crippen LogP contribution in [-0.4, -0.2) is 102 Å². The number of anilines is 2. The molecule has 2 atom stereocenters. The van der Waals surface area contributed by atoms with Crippen LogP contribution < -0.4 is 15.8 Å². The van der Waals surface area contributed by atoms with Crippen LogP contribution >= 0.6 is 11.3 Å². The lowest BCUT2D eigenvalue weighted by molar-refractivity contribution is -0.138. The van der Waals surface area contributed by atoms with Crippen molar-refractivity contribution in [3.8, 4) is 10.6 Å². The SMILES string of the molecule is CC1CN(c2cc(F)c(-c3nc(C(=O)N4CCN(C)CC4)cs3)cc2NC(=O)c2c[nH]c(=O)cc2C(F)(F)F)CC(C)N1C. The third kappa shape index (κ3) is 6.49. The number of alkyl halides is 3. The van der Waals surface area contributed by atoms with Gasteiger partial charge < -0.3 is 25.0 Å². The highest BCUT2D eigenvalue weighted by Gasteiger charge is 2.36. The molecular weight excluding hydrogens is 602 g/mol. The number of carbonyl (C=O) groups excluding carboxylic acids is 2. The Morgan fingerprint density at radius 2 is 1.70 bits per heavy atom. The average molecular weight is 636 g/mol. The standard InChI is InChI=1S/C29H33F4N7O3S/c1-16-13-40(14-17(2)38(16)4)24-11-21(30)18(27-36-23(15-44-27)28(43)39-7-5-37(3)6-8-39)9-22(24)35-26(42)19-12-34-25(41)10-20(19)29(31,32)33/h9-12,15-17H,5-8,13-14H2,1-4H3,(H,34,41)(H,35,42). The number of pyridine rings is 1. The van der Waals surface area contributed by atoms with Crippen molar-refractivity contribution in [2.24, 2.45) is 0 Å². The van der Waals surface area contributed by atoms with Gasteiger partial charge in [-0.25, -0.2) is 9.37 Å². The summed E-state index contributed by atoms with van der Waals surface area (Å²) in [6, 6.07) is 3.00. The van der Waals surface area contributed by atoms with Crippen molar-refractivity contribution in [3.63, 3.8) is 0 Å². The van der Waals surface area contributed by atoms with Crippen LogP contribution in [0.3, 0.4) is 0 Å². The van der Waals surface area contributed by atoms with Crippen molar-refractivity contribution >= 4 is 34.5 Å². The Balaban J connectivity index is 1.53. The molecule has 2 unspecified atom stereocenters. The number of aromatic nitrogens is 2. The van der Waals surface area contributed by atoms with E-state index in [4.69, 9.17) is 0 Å². The summed E-state index contributed by atoms with van der Waals surface area (Å²) in [6.45, 7) is 7.44. The molecule has 0 radical (unpaired) electrons. The zero-order valence-electron chi connectivity index (χ0n) is 24.7. The van der Waals surface area contributed by atoms with Crippen molar-refractivity contribution in [2.45, 2.75) is 32.1 Å². The fourth-order valence-corrected chi connectivity index (χ4v) is 6.25. The summed E-state index contributed by atoms with van der Waals surface area (Å²) in [5.41, 5.74) is -2.69. The smallest absolute Gasteiger partial charge is 0.367 e. The molecule has 2 aromatic heterocycles. The van der Waals surface area contributed by atoms with Crippen molar-refractivity contribution in [2.75, 3.05) is 63.6 Å². The first-order valence-electron chi connectivity index (χ1n) is 14.1. The Labute approximate surface area is 255 Å². The van der Waals surface area contributed by atoms with E-state index >= 15 is 4.39 Å². The number of halogens is 4. The zero-order valence-corrected chi connectivity index (χ0v) is 25.5. The molecule has 0 spiro atoms. The summed E-state index contributed by atoms with van der Waals surface area (Å²) in [6.07, 6.45) is -4.25. The molecule has 2 N–H and O–H groups in total. The van der Waals surface area contributed by atoms with Crippen molar-refractivity contribution in [1.29, 1.82) is 0 Å². The fraction of sp³-hybridized carbons (Fsp3) is 0.448. The van der Waals surface area contributed by atoms with E-state index in [1.807, 2.05) is 32.8 Å². The molecular formula is C29H33F4N7O3S. The van der Waals surface area contributed by atoms with Crippen LogP contribution in [0, 0.1) is 5.82 Å². The van der Waals surface area contributed by atoms with Crippen LogP contribution in [0.1, 0.15) is 40.3 Å². The van der Waals surface area contributed by atoms with Gasteiger partial charge >= 0.3 is 6.18 Å². The minimum absolute atomic E-state index is 0.0146. The van der Waals surface area contributed by atoms with E-state index in [-0.39, 0.29) is 45.6 Å². The summed E-state index contributed by atoms with van der Waals surface area (Å²) in [5.74, 6) is -2.07. The lowest BCUT2D eigenvalue weighted by atomic mass is 10.1. The molecule has 15 heteroatoms. The number of thiazole rings is 1. The van der Waals surface area contributed by atoms with Crippen LogP contribution in [0.25, 0.3) is 10.6 Å². The molecule has 0 bridgehead atoms. The molecule has 2 aliphatic rings. The van der Waals surface area contributed by atoms with E-state index < -0.39 is 34.6 Å². The summed E-state index contributed by atoms with van der Waals surface area (Å²) in [5, 5.41) is 4.26. The Morgan fingerprint density at radius 3 is 2.34 bits per heavy atom. The third-order valence-corrected chi connectivity index (χ3v) is 9.13. The normalized spacial score (nSPS) is 20.2. The van der Waals surface area contributed by atoms with Crippen molar-refractivity contribution < 1.29 is 27.2 Å². The molecule has 2 amide bonds. The number of hydrogen-bond acceptors (Lipinski definition) is 8. The molecule has 2 fully saturated rings. The zero-order chi connectivity index (χ0) is 31.9. The van der Waals surface area contributed by atoms with Crippen molar-refractivity contribution in [1.82, 2.24) is 24.7 Å². The second-order valence-corrected chi connectivity index (χ2v) is 12.2. The number of aromatic amines is 1. The Morgan fingerprint density at radius 1 is 1.05 bits per heavy atom. The highest BCUT2D eigenvalue weighted by atomic mass is 32.1. The molecule has 4 heterocycles. The minimum Gasteiger partial charge on any atom is -0.367 e. The van der Waals surface area contributed by atoms with Gasteiger partial charge in [0.05, 0.1) is 22.5 Å². The van der Waals surface area contributed by atoms with Gasteiger partial charge in [0.2, 0.25) is 5.56 Å². The molecule has 44 heavy (non-hydrogen) atoms. The Bertz CT molecular complexity index is 1600. The molecule has 3 aromatic rings. The predicted molar refractivity (Wildman–Crippen MR) is 160 cm³/mol. The predicted octanol–water partition coefficient (Wildman–Crippen LogP) is 3.83. The number of rotatable bonds is 5. The van der Waals surface area contributed by atoms with Gasteiger partial charge in [0.1, 0.15) is 16.5 Å². The first-order valence-corrected chi connectivity index (χ1v) is 15.0. The van der Waals surface area contributed by atoms with Crippen LogP contribution in [0.5, 0.6) is 0 Å². The van der Waals surface area contributed by atoms with Gasteiger partial charge in [0, 0.05) is 80.6 Å². The van der Waals surface area contributed by atoms with E-state index in [0.29, 0.717) is 38.4 Å². The number of nitrogens with zero attached hydrogens (tertiary/aromatic N) is 5. The number of piperazine rings is 2. The molecule has 0 saturated carbocycles. The molecule has 1 aromatic carbocycles. The highest BCUT2D eigenvalue weighted by molar-refractivity contribution is 7.13.